The normalized spacial score (nSPS) is 12.8. The molecule has 0 fully saturated rings. The zero-order valence-corrected chi connectivity index (χ0v) is 25.2. The van der Waals surface area contributed by atoms with E-state index in [1.54, 1.807) is 33.5 Å². The Hall–Kier alpha value is -1.60. The van der Waals surface area contributed by atoms with E-state index in [0.29, 0.717) is 17.2 Å². The van der Waals surface area contributed by atoms with Gasteiger partial charge >= 0.3 is 5.97 Å². The number of carbonyl (C=O) groups is 1. The van der Waals surface area contributed by atoms with Crippen LogP contribution in [0.5, 0.6) is 17.2 Å². The molecule has 0 aliphatic heterocycles. The first-order valence-corrected chi connectivity index (χ1v) is 20.0. The van der Waals surface area contributed by atoms with Crippen LogP contribution in [-0.2, 0) is 20.1 Å². The summed E-state index contributed by atoms with van der Waals surface area (Å²) in [5.41, 5.74) is 1.67. The fourth-order valence-corrected chi connectivity index (χ4v) is 10.2. The molecule has 0 atom stereocenters. The minimum atomic E-state index is -1.67. The Kier molecular flexibility index (Phi) is 11.9. The molecule has 0 spiro atoms. The van der Waals surface area contributed by atoms with Crippen LogP contribution in [0.2, 0.25) is 45.3 Å². The van der Waals surface area contributed by atoms with Crippen LogP contribution in [0.1, 0.15) is 24.0 Å². The van der Waals surface area contributed by atoms with Gasteiger partial charge in [0.1, 0.15) is 5.91 Å². The summed E-state index contributed by atoms with van der Waals surface area (Å²) < 4.78 is 29.3. The molecule has 0 aliphatic rings. The Balaban J connectivity index is 2.94. The molecule has 0 saturated carbocycles. The van der Waals surface area contributed by atoms with Crippen LogP contribution in [-0.4, -0.2) is 64.5 Å². The van der Waals surface area contributed by atoms with E-state index in [4.69, 9.17) is 28.2 Å². The molecule has 1 aromatic carbocycles. The Morgan fingerprint density at radius 1 is 0.970 bits per heavy atom. The Labute approximate surface area is 203 Å². The van der Waals surface area contributed by atoms with Crippen molar-refractivity contribution < 1.29 is 33.0 Å². The van der Waals surface area contributed by atoms with Crippen LogP contribution < -0.4 is 14.2 Å². The minimum absolute atomic E-state index is 0.00647. The van der Waals surface area contributed by atoms with Crippen molar-refractivity contribution in [3.63, 3.8) is 0 Å². The lowest BCUT2D eigenvalue weighted by Gasteiger charge is -2.31. The van der Waals surface area contributed by atoms with Crippen LogP contribution in [0, 0.1) is 0 Å². The van der Waals surface area contributed by atoms with E-state index in [1.165, 1.54) is 0 Å². The molecule has 188 valence electrons. The number of methoxy groups -OCH3 is 3. The van der Waals surface area contributed by atoms with Gasteiger partial charge in [0.2, 0.25) is 5.75 Å². The fraction of sp³-hybridized carbons (Fsp3) is 0.609. The molecular weight excluding hydrogens is 473 g/mol. The monoisotopic (exact) mass is 514 g/mol. The molecule has 0 amide bonds. The minimum Gasteiger partial charge on any atom is -0.493 e. The van der Waals surface area contributed by atoms with Crippen LogP contribution in [0.15, 0.2) is 12.1 Å². The smallest absolute Gasteiger partial charge is 0.328 e. The first-order valence-electron chi connectivity index (χ1n) is 11.4. The summed E-state index contributed by atoms with van der Waals surface area (Å²) in [6.45, 7) is 13.2. The zero-order valence-electron chi connectivity index (χ0n) is 21.7. The molecule has 0 saturated heterocycles. The molecule has 0 bridgehead atoms. The molecule has 0 unspecified atom stereocenters. The lowest BCUT2D eigenvalue weighted by molar-refractivity contribution is -0.131. The Morgan fingerprint density at radius 3 is 2.00 bits per heavy atom. The highest BCUT2D eigenvalue weighted by Gasteiger charge is 2.26. The van der Waals surface area contributed by atoms with E-state index in [2.05, 4.69) is 39.3 Å². The van der Waals surface area contributed by atoms with Gasteiger partial charge in [-0.3, -0.25) is 0 Å². The molecule has 1 aromatic rings. The molecule has 1 N–H and O–H groups in total. The predicted octanol–water partition coefficient (Wildman–Crippen LogP) is 4.71. The van der Waals surface area contributed by atoms with E-state index in [0.717, 1.165) is 42.5 Å². The van der Waals surface area contributed by atoms with Crippen molar-refractivity contribution in [1.82, 2.24) is 0 Å². The number of hydrogen-bond donors (Lipinski definition) is 1. The van der Waals surface area contributed by atoms with Gasteiger partial charge in [0.05, 0.1) is 30.8 Å². The van der Waals surface area contributed by atoms with Crippen molar-refractivity contribution in [2.24, 2.45) is 0 Å². The van der Waals surface area contributed by atoms with Gasteiger partial charge < -0.3 is 28.2 Å². The van der Waals surface area contributed by atoms with E-state index in [1.807, 2.05) is 0 Å². The number of aliphatic carboxylic acids is 1. The summed E-state index contributed by atoms with van der Waals surface area (Å²) >= 11 is 0. The number of carboxylic acids is 1. The highest BCUT2D eigenvalue weighted by atomic mass is 28.4. The van der Waals surface area contributed by atoms with Crippen LogP contribution in [0.3, 0.4) is 0 Å². The van der Waals surface area contributed by atoms with Crippen LogP contribution >= 0.6 is 0 Å². The summed E-state index contributed by atoms with van der Waals surface area (Å²) in [5.74, 6) is 0.597. The van der Waals surface area contributed by atoms with Crippen molar-refractivity contribution in [3.8, 4) is 17.2 Å². The van der Waals surface area contributed by atoms with Gasteiger partial charge in [0, 0.05) is 11.6 Å². The maximum Gasteiger partial charge on any atom is 0.328 e. The van der Waals surface area contributed by atoms with Crippen molar-refractivity contribution in [2.75, 3.05) is 21.3 Å². The molecule has 10 heteroatoms. The Morgan fingerprint density at radius 2 is 1.55 bits per heavy atom. The van der Waals surface area contributed by atoms with Gasteiger partial charge in [-0.25, -0.2) is 4.79 Å². The SMILES string of the molecule is COc1cc(C=CC(=O)O)c(CCCC[SiH2]C(O[Si](C)(C)C)O[Si](C)(C)C)c(OC)c1OC. The molecule has 0 radical (unpaired) electrons. The highest BCUT2D eigenvalue weighted by molar-refractivity contribution is 6.71. The topological polar surface area (TPSA) is 83.5 Å². The number of hydrogen-bond acceptors (Lipinski definition) is 6. The lowest BCUT2D eigenvalue weighted by atomic mass is 9.99. The third-order valence-corrected chi connectivity index (χ3v) is 9.03. The van der Waals surface area contributed by atoms with Crippen molar-refractivity contribution in [3.05, 3.63) is 23.3 Å². The zero-order chi connectivity index (χ0) is 25.2. The lowest BCUT2D eigenvalue weighted by Crippen LogP contribution is -2.42. The molecule has 7 nitrogen and oxygen atoms in total. The fourth-order valence-electron chi connectivity index (χ4n) is 3.52. The summed E-state index contributed by atoms with van der Waals surface area (Å²) in [4.78, 5) is 11.1. The van der Waals surface area contributed by atoms with Crippen LogP contribution in [0.25, 0.3) is 6.08 Å². The van der Waals surface area contributed by atoms with Gasteiger partial charge in [0.15, 0.2) is 28.1 Å². The predicted molar refractivity (Wildman–Crippen MR) is 142 cm³/mol. The highest BCUT2D eigenvalue weighted by Crippen LogP contribution is 2.43. The van der Waals surface area contributed by atoms with Crippen molar-refractivity contribution in [2.45, 2.75) is 70.5 Å². The summed E-state index contributed by atoms with van der Waals surface area (Å²) in [6.07, 6.45) is 5.44. The second kappa shape index (κ2) is 13.3. The first-order chi connectivity index (χ1) is 15.3. The van der Waals surface area contributed by atoms with Gasteiger partial charge in [-0.1, -0.05) is 12.5 Å². The molecular formula is C23H42O7Si3. The average molecular weight is 515 g/mol. The standard InChI is InChI=1S/C23H42O7Si3/c1-26-19-16-17(13-14-20(24)25)18(21(27-2)22(19)28-3)12-10-11-15-31-23(29-32(4,5)6)30-33(7,8)9/h13-14,16,23H,10-12,15,31H2,1-9H3,(H,24,25). The van der Waals surface area contributed by atoms with E-state index < -0.39 is 32.1 Å². The summed E-state index contributed by atoms with van der Waals surface area (Å²) in [7, 11) is 0.832. The average Bonchev–Trinajstić information content (AvgIpc) is 2.68. The third kappa shape index (κ3) is 10.9. The van der Waals surface area contributed by atoms with Gasteiger partial charge in [-0.15, -0.1) is 0 Å². The van der Waals surface area contributed by atoms with Gasteiger partial charge in [0.25, 0.3) is 0 Å². The molecule has 0 aromatic heterocycles. The quantitative estimate of drug-likeness (QED) is 0.157. The third-order valence-electron chi connectivity index (χ3n) is 4.71. The largest absolute Gasteiger partial charge is 0.493 e. The van der Waals surface area contributed by atoms with E-state index in [9.17, 15) is 4.79 Å². The molecule has 33 heavy (non-hydrogen) atoms. The van der Waals surface area contributed by atoms with Crippen molar-refractivity contribution in [1.29, 1.82) is 0 Å². The number of rotatable bonds is 15. The second-order valence-electron chi connectivity index (χ2n) is 9.87. The maximum absolute atomic E-state index is 11.1. The van der Waals surface area contributed by atoms with Gasteiger partial charge in [-0.05, 0) is 69.8 Å². The van der Waals surface area contributed by atoms with Crippen molar-refractivity contribution >= 4 is 38.2 Å². The Bertz CT molecular complexity index is 783. The van der Waals surface area contributed by atoms with E-state index >= 15 is 0 Å². The van der Waals surface area contributed by atoms with Gasteiger partial charge in [-0.2, -0.15) is 0 Å². The number of ether oxygens (including phenoxy) is 3. The second-order valence-corrected chi connectivity index (χ2v) is 20.7. The first kappa shape index (κ1) is 29.4. The van der Waals surface area contributed by atoms with E-state index in [-0.39, 0.29) is 5.91 Å². The molecule has 0 heterocycles. The molecule has 1 rings (SSSR count). The number of unbranched alkanes of at least 4 members (excludes halogenated alkanes) is 1. The summed E-state index contributed by atoms with van der Waals surface area (Å²) in [6, 6.07) is 2.92. The van der Waals surface area contributed by atoms with Crippen LogP contribution in [0.4, 0.5) is 0 Å². The number of carboxylic acid groups (broad SMARTS) is 1. The summed E-state index contributed by atoms with van der Waals surface area (Å²) in [5, 5.41) is 9.09. The number of benzene rings is 1. The molecule has 0 aliphatic carbocycles. The maximum atomic E-state index is 11.1.